The Bertz CT molecular complexity index is 1290. The van der Waals surface area contributed by atoms with E-state index in [4.69, 9.17) is 4.42 Å². The highest BCUT2D eigenvalue weighted by Gasteiger charge is 2.22. The summed E-state index contributed by atoms with van der Waals surface area (Å²) in [5, 5.41) is 5.87. The number of carbonyl (C=O) groups excluding carboxylic acids is 2. The van der Waals surface area contributed by atoms with Gasteiger partial charge in [0.15, 0.2) is 0 Å². The largest absolute Gasteiger partial charge is 0.465 e. The fourth-order valence-electron chi connectivity index (χ4n) is 3.66. The summed E-state index contributed by atoms with van der Waals surface area (Å²) >= 11 is 0. The van der Waals surface area contributed by atoms with Crippen LogP contribution < -0.4 is 10.6 Å². The zero-order valence-electron chi connectivity index (χ0n) is 19.1. The van der Waals surface area contributed by atoms with Crippen molar-refractivity contribution in [2.24, 2.45) is 0 Å². The number of carbonyl (C=O) groups is 2. The van der Waals surface area contributed by atoms with Crippen LogP contribution in [-0.4, -0.2) is 11.8 Å². The summed E-state index contributed by atoms with van der Waals surface area (Å²) in [7, 11) is 0. The van der Waals surface area contributed by atoms with Crippen molar-refractivity contribution in [3.05, 3.63) is 137 Å². The maximum Gasteiger partial charge on any atom is 0.268 e. The molecule has 4 aromatic rings. The third-order valence-electron chi connectivity index (χ3n) is 5.53. The summed E-state index contributed by atoms with van der Waals surface area (Å²) in [5.41, 5.74) is 4.41. The van der Waals surface area contributed by atoms with Gasteiger partial charge >= 0.3 is 0 Å². The molecule has 0 aliphatic carbocycles. The van der Waals surface area contributed by atoms with Gasteiger partial charge in [-0.2, -0.15) is 0 Å². The molecule has 4 rings (SSSR count). The SMILES string of the molecule is Cc1ccc(C(NC(=O)/C(=C/c2ccco2)NC(=O)c2ccccc2C)c2ccccc2)cc1. The van der Waals surface area contributed by atoms with Crippen molar-refractivity contribution < 1.29 is 14.0 Å². The lowest BCUT2D eigenvalue weighted by Crippen LogP contribution is -2.37. The zero-order valence-corrected chi connectivity index (χ0v) is 19.1. The summed E-state index contributed by atoms with van der Waals surface area (Å²) in [6, 6.07) is 28.0. The molecule has 0 bridgehead atoms. The van der Waals surface area contributed by atoms with Crippen LogP contribution in [0, 0.1) is 13.8 Å². The van der Waals surface area contributed by atoms with Gasteiger partial charge in [0.2, 0.25) is 0 Å². The third kappa shape index (κ3) is 5.51. The van der Waals surface area contributed by atoms with Crippen LogP contribution in [0.5, 0.6) is 0 Å². The highest BCUT2D eigenvalue weighted by Crippen LogP contribution is 2.23. The van der Waals surface area contributed by atoms with Crippen LogP contribution in [0.2, 0.25) is 0 Å². The molecule has 0 saturated heterocycles. The topological polar surface area (TPSA) is 71.3 Å². The molecule has 1 atom stereocenters. The molecule has 0 spiro atoms. The monoisotopic (exact) mass is 450 g/mol. The van der Waals surface area contributed by atoms with Gasteiger partial charge in [0, 0.05) is 11.6 Å². The molecule has 2 amide bonds. The second kappa shape index (κ2) is 10.5. The molecule has 1 aromatic heterocycles. The molecular weight excluding hydrogens is 424 g/mol. The summed E-state index contributed by atoms with van der Waals surface area (Å²) in [4.78, 5) is 26.5. The number of hydrogen-bond donors (Lipinski definition) is 2. The predicted octanol–water partition coefficient (Wildman–Crippen LogP) is 5.57. The number of aryl methyl sites for hydroxylation is 2. The highest BCUT2D eigenvalue weighted by atomic mass is 16.3. The van der Waals surface area contributed by atoms with Crippen LogP contribution in [0.4, 0.5) is 0 Å². The van der Waals surface area contributed by atoms with Crippen LogP contribution in [0.25, 0.3) is 6.08 Å². The first-order chi connectivity index (χ1) is 16.5. The van der Waals surface area contributed by atoms with Gasteiger partial charge in [-0.05, 0) is 48.7 Å². The quantitative estimate of drug-likeness (QED) is 0.362. The predicted molar refractivity (Wildman–Crippen MR) is 133 cm³/mol. The Morgan fingerprint density at radius 2 is 1.47 bits per heavy atom. The Labute approximate surface area is 199 Å². The van der Waals surface area contributed by atoms with E-state index in [1.165, 1.54) is 12.3 Å². The number of nitrogens with one attached hydrogen (secondary N) is 2. The van der Waals surface area contributed by atoms with E-state index in [0.29, 0.717) is 11.3 Å². The maximum absolute atomic E-state index is 13.5. The van der Waals surface area contributed by atoms with E-state index in [1.54, 1.807) is 24.3 Å². The Balaban J connectivity index is 1.66. The van der Waals surface area contributed by atoms with Gasteiger partial charge in [-0.25, -0.2) is 0 Å². The van der Waals surface area contributed by atoms with E-state index < -0.39 is 11.9 Å². The standard InChI is InChI=1S/C29H26N2O3/c1-20-14-16-23(17-15-20)27(22-10-4-3-5-11-22)31-29(33)26(19-24-12-8-18-34-24)30-28(32)25-13-7-6-9-21(25)2/h3-19,27H,1-2H3,(H,30,32)(H,31,33)/b26-19-. The van der Waals surface area contributed by atoms with Gasteiger partial charge in [-0.15, -0.1) is 0 Å². The van der Waals surface area contributed by atoms with E-state index in [9.17, 15) is 9.59 Å². The zero-order chi connectivity index (χ0) is 23.9. The molecular formula is C29H26N2O3. The van der Waals surface area contributed by atoms with Crippen molar-refractivity contribution in [1.82, 2.24) is 10.6 Å². The highest BCUT2D eigenvalue weighted by molar-refractivity contribution is 6.05. The molecule has 2 N–H and O–H groups in total. The van der Waals surface area contributed by atoms with E-state index in [1.807, 2.05) is 80.6 Å². The molecule has 5 heteroatoms. The van der Waals surface area contributed by atoms with Gasteiger partial charge in [0.1, 0.15) is 11.5 Å². The third-order valence-corrected chi connectivity index (χ3v) is 5.53. The van der Waals surface area contributed by atoms with Crippen LogP contribution in [0.1, 0.15) is 44.4 Å². The fraction of sp³-hybridized carbons (Fsp3) is 0.103. The van der Waals surface area contributed by atoms with E-state index in [-0.39, 0.29) is 11.6 Å². The molecule has 1 unspecified atom stereocenters. The number of furan rings is 1. The minimum absolute atomic E-state index is 0.0937. The average Bonchev–Trinajstić information content (AvgIpc) is 3.36. The van der Waals surface area contributed by atoms with Gasteiger partial charge in [-0.3, -0.25) is 9.59 Å². The van der Waals surface area contributed by atoms with Crippen LogP contribution in [-0.2, 0) is 4.79 Å². The van der Waals surface area contributed by atoms with Crippen molar-refractivity contribution >= 4 is 17.9 Å². The van der Waals surface area contributed by atoms with Gasteiger partial charge in [-0.1, -0.05) is 78.4 Å². The molecule has 0 aliphatic rings. The van der Waals surface area contributed by atoms with Crippen molar-refractivity contribution in [1.29, 1.82) is 0 Å². The second-order valence-electron chi connectivity index (χ2n) is 8.07. The normalized spacial score (nSPS) is 12.1. The lowest BCUT2D eigenvalue weighted by molar-refractivity contribution is -0.118. The Morgan fingerprint density at radius 1 is 0.794 bits per heavy atom. The van der Waals surface area contributed by atoms with Crippen LogP contribution in [0.3, 0.4) is 0 Å². The van der Waals surface area contributed by atoms with E-state index >= 15 is 0 Å². The number of amides is 2. The van der Waals surface area contributed by atoms with Gasteiger partial charge < -0.3 is 15.1 Å². The summed E-state index contributed by atoms with van der Waals surface area (Å²) in [5.74, 6) is -0.327. The summed E-state index contributed by atoms with van der Waals surface area (Å²) in [6.07, 6.45) is 3.05. The second-order valence-corrected chi connectivity index (χ2v) is 8.07. The molecule has 0 fully saturated rings. The first kappa shape index (κ1) is 22.8. The average molecular weight is 451 g/mol. The minimum Gasteiger partial charge on any atom is -0.465 e. The van der Waals surface area contributed by atoms with Crippen LogP contribution >= 0.6 is 0 Å². The fourth-order valence-corrected chi connectivity index (χ4v) is 3.66. The Morgan fingerprint density at radius 3 is 2.15 bits per heavy atom. The molecule has 0 aliphatic heterocycles. The summed E-state index contributed by atoms with van der Waals surface area (Å²) in [6.45, 7) is 3.87. The molecule has 0 saturated carbocycles. The van der Waals surface area contributed by atoms with Crippen molar-refractivity contribution in [2.75, 3.05) is 0 Å². The lowest BCUT2D eigenvalue weighted by Gasteiger charge is -2.21. The number of benzene rings is 3. The molecule has 34 heavy (non-hydrogen) atoms. The van der Waals surface area contributed by atoms with Gasteiger partial charge in [0.05, 0.1) is 12.3 Å². The van der Waals surface area contributed by atoms with E-state index in [2.05, 4.69) is 10.6 Å². The first-order valence-electron chi connectivity index (χ1n) is 11.1. The van der Waals surface area contributed by atoms with Crippen molar-refractivity contribution in [3.8, 4) is 0 Å². The smallest absolute Gasteiger partial charge is 0.268 e. The Kier molecular flexibility index (Phi) is 7.04. The maximum atomic E-state index is 13.5. The molecule has 3 aromatic carbocycles. The minimum atomic E-state index is -0.423. The molecule has 5 nitrogen and oxygen atoms in total. The molecule has 0 radical (unpaired) electrons. The van der Waals surface area contributed by atoms with Crippen LogP contribution in [0.15, 0.2) is 107 Å². The summed E-state index contributed by atoms with van der Waals surface area (Å²) < 4.78 is 5.40. The van der Waals surface area contributed by atoms with E-state index in [0.717, 1.165) is 22.3 Å². The molecule has 1 heterocycles. The van der Waals surface area contributed by atoms with Crippen molar-refractivity contribution in [2.45, 2.75) is 19.9 Å². The number of rotatable bonds is 7. The lowest BCUT2D eigenvalue weighted by atomic mass is 9.97. The number of hydrogen-bond acceptors (Lipinski definition) is 3. The molecule has 170 valence electrons. The van der Waals surface area contributed by atoms with Gasteiger partial charge in [0.25, 0.3) is 11.8 Å². The Hall–Kier alpha value is -4.38. The van der Waals surface area contributed by atoms with Crippen molar-refractivity contribution in [3.63, 3.8) is 0 Å². The first-order valence-corrected chi connectivity index (χ1v) is 11.1.